The minimum atomic E-state index is -0.102. The van der Waals surface area contributed by atoms with Crippen molar-refractivity contribution in [2.45, 2.75) is 16.8 Å². The van der Waals surface area contributed by atoms with Crippen molar-refractivity contribution in [1.29, 1.82) is 0 Å². The third kappa shape index (κ3) is 3.16. The van der Waals surface area contributed by atoms with Crippen LogP contribution in [0.4, 0.5) is 11.4 Å². The molecule has 0 aliphatic carbocycles. The Kier molecular flexibility index (Phi) is 4.88. The first kappa shape index (κ1) is 18.3. The minimum Gasteiger partial charge on any atom is -0.311 e. The van der Waals surface area contributed by atoms with Crippen molar-refractivity contribution in [3.63, 3.8) is 0 Å². The quantitative estimate of drug-likeness (QED) is 0.662. The number of pyridine rings is 1. The van der Waals surface area contributed by atoms with Crippen molar-refractivity contribution in [3.8, 4) is 0 Å². The number of hydrogen-bond acceptors (Lipinski definition) is 4. The molecule has 0 bridgehead atoms. The van der Waals surface area contributed by atoms with Crippen LogP contribution in [-0.2, 0) is 0 Å². The molecule has 4 rings (SSSR count). The van der Waals surface area contributed by atoms with Gasteiger partial charge in [-0.05, 0) is 49.4 Å². The Morgan fingerprint density at radius 1 is 1.11 bits per heavy atom. The van der Waals surface area contributed by atoms with Crippen molar-refractivity contribution >= 4 is 35.0 Å². The molecular formula is C22H19N3O2S. The fourth-order valence-corrected chi connectivity index (χ4v) is 4.28. The van der Waals surface area contributed by atoms with Gasteiger partial charge in [-0.25, -0.2) is 4.98 Å². The SMILES string of the molecule is CCN1C(=O)c2cccnc2Sc2cc(C(=O)N(C)c3ccccc3)ccc21. The van der Waals surface area contributed by atoms with Crippen LogP contribution < -0.4 is 9.80 Å². The molecule has 1 aliphatic heterocycles. The van der Waals surface area contributed by atoms with Gasteiger partial charge in [-0.1, -0.05) is 30.0 Å². The molecule has 2 amide bonds. The number of anilines is 2. The van der Waals surface area contributed by atoms with Crippen LogP contribution in [-0.4, -0.2) is 30.4 Å². The van der Waals surface area contributed by atoms with Gasteiger partial charge >= 0.3 is 0 Å². The molecule has 0 saturated carbocycles. The van der Waals surface area contributed by atoms with Crippen LogP contribution >= 0.6 is 11.8 Å². The third-order valence-corrected chi connectivity index (χ3v) is 5.78. The largest absolute Gasteiger partial charge is 0.311 e. The first-order chi connectivity index (χ1) is 13.6. The summed E-state index contributed by atoms with van der Waals surface area (Å²) in [6.07, 6.45) is 1.68. The molecule has 0 saturated heterocycles. The predicted octanol–water partition coefficient (Wildman–Crippen LogP) is 4.49. The van der Waals surface area contributed by atoms with Crippen molar-refractivity contribution in [2.75, 3.05) is 23.4 Å². The van der Waals surface area contributed by atoms with Gasteiger partial charge in [-0.15, -0.1) is 0 Å². The Morgan fingerprint density at radius 3 is 2.64 bits per heavy atom. The molecule has 1 aromatic heterocycles. The van der Waals surface area contributed by atoms with Gasteiger partial charge < -0.3 is 9.80 Å². The van der Waals surface area contributed by atoms with E-state index in [1.807, 2.05) is 49.4 Å². The van der Waals surface area contributed by atoms with Gasteiger partial charge in [0, 0.05) is 35.9 Å². The molecule has 5 nitrogen and oxygen atoms in total. The zero-order valence-corrected chi connectivity index (χ0v) is 16.4. The molecule has 0 unspecified atom stereocenters. The molecule has 3 aromatic rings. The summed E-state index contributed by atoms with van der Waals surface area (Å²) in [7, 11) is 1.76. The lowest BCUT2D eigenvalue weighted by molar-refractivity contribution is 0.0981. The van der Waals surface area contributed by atoms with Gasteiger partial charge in [0.25, 0.3) is 11.8 Å². The molecule has 140 valence electrons. The maximum Gasteiger partial charge on any atom is 0.261 e. The van der Waals surface area contributed by atoms with Crippen molar-refractivity contribution in [3.05, 3.63) is 78.0 Å². The first-order valence-corrected chi connectivity index (χ1v) is 9.83. The summed E-state index contributed by atoms with van der Waals surface area (Å²) in [5, 5.41) is 0.658. The lowest BCUT2D eigenvalue weighted by atomic mass is 10.1. The van der Waals surface area contributed by atoms with E-state index in [0.717, 1.165) is 16.3 Å². The van der Waals surface area contributed by atoms with E-state index in [9.17, 15) is 9.59 Å². The number of carbonyl (C=O) groups is 2. The Balaban J connectivity index is 1.75. The average molecular weight is 389 g/mol. The van der Waals surface area contributed by atoms with Crippen LogP contribution in [0.15, 0.2) is 76.8 Å². The summed E-state index contributed by atoms with van der Waals surface area (Å²) in [4.78, 5) is 34.5. The van der Waals surface area contributed by atoms with Crippen molar-refractivity contribution in [2.24, 2.45) is 0 Å². The second-order valence-electron chi connectivity index (χ2n) is 6.39. The van der Waals surface area contributed by atoms with Gasteiger partial charge in [0.05, 0.1) is 11.3 Å². The molecule has 1 aliphatic rings. The third-order valence-electron chi connectivity index (χ3n) is 4.72. The molecule has 0 fully saturated rings. The maximum absolute atomic E-state index is 13.0. The molecule has 0 radical (unpaired) electrons. The van der Waals surface area contributed by atoms with Gasteiger partial charge in [-0.2, -0.15) is 0 Å². The van der Waals surface area contributed by atoms with Gasteiger partial charge in [0.1, 0.15) is 5.03 Å². The van der Waals surface area contributed by atoms with E-state index in [4.69, 9.17) is 0 Å². The normalized spacial score (nSPS) is 12.8. The molecule has 0 atom stereocenters. The van der Waals surface area contributed by atoms with E-state index in [2.05, 4.69) is 4.98 Å². The van der Waals surface area contributed by atoms with Gasteiger partial charge in [0.2, 0.25) is 0 Å². The molecule has 2 heterocycles. The second-order valence-corrected chi connectivity index (χ2v) is 7.42. The fourth-order valence-electron chi connectivity index (χ4n) is 3.22. The standard InChI is InChI=1S/C22H19N3O2S/c1-3-25-18-12-11-15(21(26)24(2)16-8-5-4-6-9-16)14-19(18)28-20-17(22(25)27)10-7-13-23-20/h4-14H,3H2,1-2H3. The number of benzene rings is 2. The van der Waals surface area contributed by atoms with Crippen molar-refractivity contribution < 1.29 is 9.59 Å². The Morgan fingerprint density at radius 2 is 1.89 bits per heavy atom. The fraction of sp³-hybridized carbons (Fsp3) is 0.136. The number of nitrogens with zero attached hydrogens (tertiary/aromatic N) is 3. The molecular weight excluding hydrogens is 370 g/mol. The Hall–Kier alpha value is -3.12. The summed E-state index contributed by atoms with van der Waals surface area (Å²) in [5.74, 6) is -0.174. The molecule has 28 heavy (non-hydrogen) atoms. The van der Waals surface area contributed by atoms with Crippen LogP contribution in [0.1, 0.15) is 27.6 Å². The summed E-state index contributed by atoms with van der Waals surface area (Å²) >= 11 is 1.42. The average Bonchev–Trinajstić information content (AvgIpc) is 2.86. The highest BCUT2D eigenvalue weighted by atomic mass is 32.2. The highest BCUT2D eigenvalue weighted by Crippen LogP contribution is 2.40. The van der Waals surface area contributed by atoms with Gasteiger partial charge in [0.15, 0.2) is 0 Å². The predicted molar refractivity (Wildman–Crippen MR) is 111 cm³/mol. The molecule has 0 spiro atoms. The number of hydrogen-bond donors (Lipinski definition) is 0. The molecule has 6 heteroatoms. The maximum atomic E-state index is 13.0. The van der Waals surface area contributed by atoms with E-state index in [1.165, 1.54) is 11.8 Å². The number of carbonyl (C=O) groups excluding carboxylic acids is 2. The van der Waals surface area contributed by atoms with E-state index >= 15 is 0 Å². The van der Waals surface area contributed by atoms with Crippen LogP contribution in [0.2, 0.25) is 0 Å². The van der Waals surface area contributed by atoms with Crippen LogP contribution in [0.5, 0.6) is 0 Å². The topological polar surface area (TPSA) is 53.5 Å². The number of aromatic nitrogens is 1. The zero-order chi connectivity index (χ0) is 19.7. The monoisotopic (exact) mass is 389 g/mol. The minimum absolute atomic E-state index is 0.0719. The Labute approximate surface area is 168 Å². The summed E-state index contributed by atoms with van der Waals surface area (Å²) in [6.45, 7) is 2.48. The second kappa shape index (κ2) is 7.48. The van der Waals surface area contributed by atoms with E-state index in [-0.39, 0.29) is 11.8 Å². The summed E-state index contributed by atoms with van der Waals surface area (Å²) in [5.41, 5.74) is 2.78. The smallest absolute Gasteiger partial charge is 0.261 e. The lowest BCUT2D eigenvalue weighted by Crippen LogP contribution is -2.31. The van der Waals surface area contributed by atoms with Crippen LogP contribution in [0.25, 0.3) is 0 Å². The zero-order valence-electron chi connectivity index (χ0n) is 15.6. The first-order valence-electron chi connectivity index (χ1n) is 9.02. The number of amides is 2. The number of fused-ring (bicyclic) bond motifs is 2. The van der Waals surface area contributed by atoms with Crippen LogP contribution in [0.3, 0.4) is 0 Å². The van der Waals surface area contributed by atoms with E-state index in [0.29, 0.717) is 22.7 Å². The summed E-state index contributed by atoms with van der Waals surface area (Å²) in [6, 6.07) is 18.6. The van der Waals surface area contributed by atoms with Gasteiger partial charge in [-0.3, -0.25) is 9.59 Å². The van der Waals surface area contributed by atoms with Crippen LogP contribution in [0, 0.1) is 0 Å². The molecule has 2 aromatic carbocycles. The number of para-hydroxylation sites is 1. The Bertz CT molecular complexity index is 1050. The summed E-state index contributed by atoms with van der Waals surface area (Å²) < 4.78 is 0. The highest BCUT2D eigenvalue weighted by molar-refractivity contribution is 7.99. The number of rotatable bonds is 3. The lowest BCUT2D eigenvalue weighted by Gasteiger charge is -2.22. The van der Waals surface area contributed by atoms with E-state index in [1.54, 1.807) is 41.2 Å². The molecule has 0 N–H and O–H groups in total. The van der Waals surface area contributed by atoms with Crippen molar-refractivity contribution in [1.82, 2.24) is 4.98 Å². The highest BCUT2D eigenvalue weighted by Gasteiger charge is 2.28. The van der Waals surface area contributed by atoms with E-state index < -0.39 is 0 Å².